The molecule has 0 aromatic carbocycles. The first-order valence-electron chi connectivity index (χ1n) is 7.09. The van der Waals surface area contributed by atoms with Crippen molar-refractivity contribution in [3.8, 4) is 17.3 Å². The Bertz CT molecular complexity index is 986. The predicted octanol–water partition coefficient (Wildman–Crippen LogP) is 2.69. The Morgan fingerprint density at radius 2 is 2.08 bits per heavy atom. The van der Waals surface area contributed by atoms with Crippen LogP contribution in [0.25, 0.3) is 11.3 Å². The molecule has 3 aromatic rings. The largest absolute Gasteiger partial charge is 0.326 e. The second-order valence-electron chi connectivity index (χ2n) is 5.15. The number of ketones is 1. The number of hydrogen-bond donors (Lipinski definition) is 1. The summed E-state index contributed by atoms with van der Waals surface area (Å²) in [6.07, 6.45) is 3.31. The summed E-state index contributed by atoms with van der Waals surface area (Å²) in [7, 11) is 0. The number of carbonyl (C=O) groups excluding carboxylic acids is 1. The van der Waals surface area contributed by atoms with Crippen LogP contribution in [0.1, 0.15) is 27.0 Å². The van der Waals surface area contributed by atoms with Gasteiger partial charge < -0.3 is 4.98 Å². The summed E-state index contributed by atoms with van der Waals surface area (Å²) in [4.78, 5) is 35.1. The molecule has 118 valence electrons. The third kappa shape index (κ3) is 3.14. The molecule has 0 aliphatic rings. The number of carbonyl (C=O) groups is 1. The van der Waals surface area contributed by atoms with E-state index in [1.165, 1.54) is 17.4 Å². The average molecular weight is 336 g/mol. The molecule has 0 aliphatic carbocycles. The maximum Gasteiger partial charge on any atom is 0.248 e. The Labute approximate surface area is 141 Å². The van der Waals surface area contributed by atoms with Gasteiger partial charge in [-0.05, 0) is 25.1 Å². The number of nitriles is 1. The first-order valence-corrected chi connectivity index (χ1v) is 7.97. The molecule has 1 unspecified atom stereocenters. The van der Waals surface area contributed by atoms with E-state index in [9.17, 15) is 14.9 Å². The van der Waals surface area contributed by atoms with Gasteiger partial charge in [-0.3, -0.25) is 14.6 Å². The van der Waals surface area contributed by atoms with Crippen molar-refractivity contribution < 1.29 is 4.79 Å². The molecule has 7 heteroatoms. The van der Waals surface area contributed by atoms with Crippen molar-refractivity contribution in [3.05, 3.63) is 68.7 Å². The number of nitrogens with one attached hydrogen (secondary N) is 1. The average Bonchev–Trinajstić information content (AvgIpc) is 3.05. The van der Waals surface area contributed by atoms with Crippen molar-refractivity contribution in [1.29, 1.82) is 5.26 Å². The number of H-pyrrole nitrogens is 1. The van der Waals surface area contributed by atoms with Crippen molar-refractivity contribution in [3.63, 3.8) is 0 Å². The number of aryl methyl sites for hydroxylation is 1. The molecule has 3 heterocycles. The lowest BCUT2D eigenvalue weighted by Crippen LogP contribution is -2.16. The number of nitrogens with zero attached hydrogens (tertiary/aromatic N) is 3. The van der Waals surface area contributed by atoms with E-state index in [2.05, 4.69) is 15.0 Å². The summed E-state index contributed by atoms with van der Waals surface area (Å²) in [5.74, 6) is -1.46. The second-order valence-corrected chi connectivity index (χ2v) is 6.04. The van der Waals surface area contributed by atoms with Crippen molar-refractivity contribution in [1.82, 2.24) is 15.0 Å². The monoisotopic (exact) mass is 336 g/mol. The highest BCUT2D eigenvalue weighted by Gasteiger charge is 2.25. The normalized spacial score (nSPS) is 11.7. The lowest BCUT2D eigenvalue weighted by molar-refractivity contribution is 0.0978. The van der Waals surface area contributed by atoms with Gasteiger partial charge in [0.05, 0.1) is 11.8 Å². The van der Waals surface area contributed by atoms with Crippen LogP contribution < -0.4 is 5.56 Å². The molecule has 1 atom stereocenters. The van der Waals surface area contributed by atoms with E-state index < -0.39 is 11.7 Å². The number of aromatic nitrogens is 3. The molecule has 0 fully saturated rings. The molecule has 1 N–H and O–H groups in total. The highest BCUT2D eigenvalue weighted by Crippen LogP contribution is 2.28. The molecular formula is C17H12N4O2S. The Kier molecular flexibility index (Phi) is 4.31. The molecule has 0 spiro atoms. The van der Waals surface area contributed by atoms with Gasteiger partial charge >= 0.3 is 0 Å². The quantitative estimate of drug-likeness (QED) is 0.738. The number of aromatic amines is 1. The molecule has 3 rings (SSSR count). The topological polar surface area (TPSA) is 99.5 Å². The zero-order valence-corrected chi connectivity index (χ0v) is 13.5. The van der Waals surface area contributed by atoms with Gasteiger partial charge in [-0.25, -0.2) is 4.98 Å². The third-order valence-corrected chi connectivity index (χ3v) is 4.31. The van der Waals surface area contributed by atoms with Gasteiger partial charge in [-0.15, -0.1) is 11.3 Å². The molecule has 3 aromatic heterocycles. The van der Waals surface area contributed by atoms with Gasteiger partial charge in [0.2, 0.25) is 5.56 Å². The Morgan fingerprint density at radius 1 is 1.33 bits per heavy atom. The Hall–Kier alpha value is -3.11. The van der Waals surface area contributed by atoms with Crippen LogP contribution in [0, 0.1) is 18.3 Å². The van der Waals surface area contributed by atoms with Crippen LogP contribution in [0.4, 0.5) is 0 Å². The molecule has 0 amide bonds. The molecule has 24 heavy (non-hydrogen) atoms. The molecule has 0 saturated heterocycles. The number of thiazole rings is 1. The first-order chi connectivity index (χ1) is 11.6. The van der Waals surface area contributed by atoms with Crippen LogP contribution in [0.5, 0.6) is 0 Å². The number of hydrogen-bond acceptors (Lipinski definition) is 6. The minimum Gasteiger partial charge on any atom is -0.326 e. The van der Waals surface area contributed by atoms with Crippen LogP contribution in [-0.2, 0) is 0 Å². The molecule has 0 saturated carbocycles. The fourth-order valence-corrected chi connectivity index (χ4v) is 3.16. The van der Waals surface area contributed by atoms with E-state index in [1.54, 1.807) is 30.8 Å². The lowest BCUT2D eigenvalue weighted by Gasteiger charge is -2.05. The zero-order valence-electron chi connectivity index (χ0n) is 12.7. The maximum absolute atomic E-state index is 12.6. The first kappa shape index (κ1) is 15.8. The van der Waals surface area contributed by atoms with E-state index >= 15 is 0 Å². The van der Waals surface area contributed by atoms with Gasteiger partial charge in [0.25, 0.3) is 0 Å². The molecule has 0 bridgehead atoms. The second kappa shape index (κ2) is 6.56. The summed E-state index contributed by atoms with van der Waals surface area (Å²) in [6.45, 7) is 1.69. The summed E-state index contributed by atoms with van der Waals surface area (Å²) in [5.41, 5.74) is 1.96. The van der Waals surface area contributed by atoms with E-state index in [4.69, 9.17) is 0 Å². The van der Waals surface area contributed by atoms with Gasteiger partial charge in [0, 0.05) is 40.7 Å². The van der Waals surface area contributed by atoms with Gasteiger partial charge in [0.15, 0.2) is 11.7 Å². The van der Waals surface area contributed by atoms with Crippen LogP contribution in [-0.4, -0.2) is 20.7 Å². The minimum atomic E-state index is -1.04. The minimum absolute atomic E-state index is 0.212. The summed E-state index contributed by atoms with van der Waals surface area (Å²) in [6, 6.07) is 8.38. The Morgan fingerprint density at radius 3 is 2.75 bits per heavy atom. The number of rotatable bonds is 4. The summed E-state index contributed by atoms with van der Waals surface area (Å²) in [5, 5.41) is 11.6. The van der Waals surface area contributed by atoms with Crippen LogP contribution in [0.2, 0.25) is 0 Å². The SMILES string of the molecule is Cc1cc(C(=O)C(C#N)c2nc(-c3ccncc3)cs2)cc(=O)[nH]1. The smallest absolute Gasteiger partial charge is 0.248 e. The summed E-state index contributed by atoms with van der Waals surface area (Å²) < 4.78 is 0. The van der Waals surface area contributed by atoms with E-state index in [-0.39, 0.29) is 11.1 Å². The van der Waals surface area contributed by atoms with Crippen LogP contribution in [0.15, 0.2) is 46.8 Å². The van der Waals surface area contributed by atoms with Gasteiger partial charge in [-0.1, -0.05) is 0 Å². The highest BCUT2D eigenvalue weighted by atomic mass is 32.1. The Balaban J connectivity index is 1.95. The fraction of sp³-hybridized carbons (Fsp3) is 0.118. The van der Waals surface area contributed by atoms with Crippen LogP contribution in [0.3, 0.4) is 0 Å². The van der Waals surface area contributed by atoms with E-state index in [1.807, 2.05) is 18.2 Å². The number of pyridine rings is 2. The molecule has 0 aliphatic heterocycles. The van der Waals surface area contributed by atoms with Crippen molar-refractivity contribution in [2.24, 2.45) is 0 Å². The van der Waals surface area contributed by atoms with E-state index in [0.29, 0.717) is 16.4 Å². The maximum atomic E-state index is 12.6. The molecule has 0 radical (unpaired) electrons. The highest BCUT2D eigenvalue weighted by molar-refractivity contribution is 7.10. The van der Waals surface area contributed by atoms with Crippen molar-refractivity contribution in [2.75, 3.05) is 0 Å². The van der Waals surface area contributed by atoms with Gasteiger partial charge in [0.1, 0.15) is 5.01 Å². The number of Topliss-reactive ketones (excluding diaryl/α,β-unsaturated/α-hetero) is 1. The molecular weight excluding hydrogens is 324 g/mol. The molecule has 6 nitrogen and oxygen atoms in total. The predicted molar refractivity (Wildman–Crippen MR) is 89.8 cm³/mol. The van der Waals surface area contributed by atoms with Crippen molar-refractivity contribution >= 4 is 17.1 Å². The van der Waals surface area contributed by atoms with Gasteiger partial charge in [-0.2, -0.15) is 5.26 Å². The fourth-order valence-electron chi connectivity index (χ4n) is 2.29. The van der Waals surface area contributed by atoms with Crippen molar-refractivity contribution in [2.45, 2.75) is 12.8 Å². The zero-order chi connectivity index (χ0) is 17.1. The summed E-state index contributed by atoms with van der Waals surface area (Å²) >= 11 is 1.25. The van der Waals surface area contributed by atoms with Crippen LogP contribution >= 0.6 is 11.3 Å². The third-order valence-electron chi connectivity index (χ3n) is 3.40. The standard InChI is InChI=1S/C17H12N4O2S/c1-10-6-12(7-15(22)20-10)16(23)13(8-18)17-21-14(9-24-17)11-2-4-19-5-3-11/h2-7,9,13H,1H3,(H,20,22). The lowest BCUT2D eigenvalue weighted by atomic mass is 9.99. The van der Waals surface area contributed by atoms with E-state index in [0.717, 1.165) is 5.56 Å².